The van der Waals surface area contributed by atoms with Gasteiger partial charge < -0.3 is 14.6 Å². The number of benzene rings is 2. The molecule has 1 saturated heterocycles. The van der Waals surface area contributed by atoms with Gasteiger partial charge in [0.25, 0.3) is 0 Å². The van der Waals surface area contributed by atoms with E-state index in [0.29, 0.717) is 13.2 Å². The molecule has 154 valence electrons. The molecule has 2 heterocycles. The number of β-amino-alcohol motifs (C(OH)–C–C–N with tert-alkyl or cyclic N) is 1. The average molecular weight is 427 g/mol. The lowest BCUT2D eigenvalue weighted by Gasteiger charge is -2.38. The van der Waals surface area contributed by atoms with Gasteiger partial charge in [-0.3, -0.25) is 9.80 Å². The number of hydrogen-bond acceptors (Lipinski definition) is 5. The van der Waals surface area contributed by atoms with Gasteiger partial charge in [0.05, 0.1) is 6.10 Å². The quantitative estimate of drug-likeness (QED) is 0.795. The number of piperazine rings is 1. The van der Waals surface area contributed by atoms with E-state index < -0.39 is 6.10 Å². The molecule has 7 heteroatoms. The molecule has 2 atom stereocenters. The van der Waals surface area contributed by atoms with Crippen molar-refractivity contribution < 1.29 is 14.6 Å². The lowest BCUT2D eigenvalue weighted by Crippen LogP contribution is -2.51. The molecule has 1 N–H and O–H groups in total. The monoisotopic (exact) mass is 426 g/mol. The minimum Gasteiger partial charge on any atom is -0.486 e. The molecule has 0 aliphatic carbocycles. The minimum absolute atomic E-state index is 0. The molecule has 4 rings (SSSR count). The first-order valence-electron chi connectivity index (χ1n) is 9.34. The fraction of sp³-hybridized carbons (Fsp3) is 0.429. The molecule has 2 aromatic carbocycles. The highest BCUT2D eigenvalue weighted by Gasteiger charge is 2.26. The van der Waals surface area contributed by atoms with Gasteiger partial charge in [-0.25, -0.2) is 0 Å². The number of nitrogens with zero attached hydrogens (tertiary/aromatic N) is 2. The normalized spacial score (nSPS) is 20.5. The molecule has 2 aliphatic rings. The molecule has 2 unspecified atom stereocenters. The van der Waals surface area contributed by atoms with Crippen molar-refractivity contribution in [1.82, 2.24) is 9.80 Å². The van der Waals surface area contributed by atoms with E-state index in [4.69, 9.17) is 9.47 Å². The lowest BCUT2D eigenvalue weighted by atomic mass is 10.1. The zero-order chi connectivity index (χ0) is 17.8. The smallest absolute Gasteiger partial charge is 0.161 e. The van der Waals surface area contributed by atoms with Gasteiger partial charge in [-0.05, 0) is 17.7 Å². The Kier molecular flexibility index (Phi) is 8.86. The Balaban J connectivity index is 0.00000140. The highest BCUT2D eigenvalue weighted by Crippen LogP contribution is 2.31. The second-order valence-corrected chi connectivity index (χ2v) is 7.03. The zero-order valence-electron chi connectivity index (χ0n) is 15.8. The van der Waals surface area contributed by atoms with Crippen LogP contribution in [0.2, 0.25) is 0 Å². The Hall–Kier alpha value is -1.50. The second kappa shape index (κ2) is 10.9. The third-order valence-corrected chi connectivity index (χ3v) is 5.11. The maximum absolute atomic E-state index is 10.4. The number of ether oxygens (including phenoxy) is 2. The standard InChI is InChI=1S/C21H26N2O3.2ClH/c24-19(17-6-2-1-3-7-17)15-23-12-10-22(11-13-23)14-18-16-25-20-8-4-5-9-21(20)26-18;;/h1-9,18-19,24H,10-16H2;2*1H. The number of hydrogen-bond donors (Lipinski definition) is 1. The van der Waals surface area contributed by atoms with E-state index in [1.54, 1.807) is 0 Å². The van der Waals surface area contributed by atoms with Crippen LogP contribution in [0.3, 0.4) is 0 Å². The van der Waals surface area contributed by atoms with Crippen molar-refractivity contribution in [2.24, 2.45) is 0 Å². The molecular weight excluding hydrogens is 399 g/mol. The molecule has 0 amide bonds. The molecule has 0 saturated carbocycles. The summed E-state index contributed by atoms with van der Waals surface area (Å²) in [7, 11) is 0. The molecule has 0 bridgehead atoms. The highest BCUT2D eigenvalue weighted by molar-refractivity contribution is 5.85. The summed E-state index contributed by atoms with van der Waals surface area (Å²) < 4.78 is 11.9. The summed E-state index contributed by atoms with van der Waals surface area (Å²) in [6.07, 6.45) is -0.347. The Labute approximate surface area is 179 Å². The highest BCUT2D eigenvalue weighted by atomic mass is 35.5. The summed E-state index contributed by atoms with van der Waals surface area (Å²) in [5, 5.41) is 10.4. The van der Waals surface area contributed by atoms with Gasteiger partial charge in [0.15, 0.2) is 11.5 Å². The molecular formula is C21H28Cl2N2O3. The molecule has 0 radical (unpaired) electrons. The van der Waals surface area contributed by atoms with Gasteiger partial charge >= 0.3 is 0 Å². The van der Waals surface area contributed by atoms with E-state index in [9.17, 15) is 5.11 Å². The van der Waals surface area contributed by atoms with E-state index in [-0.39, 0.29) is 30.9 Å². The average Bonchev–Trinajstić information content (AvgIpc) is 2.70. The van der Waals surface area contributed by atoms with Crippen molar-refractivity contribution in [2.75, 3.05) is 45.9 Å². The molecule has 0 aromatic heterocycles. The van der Waals surface area contributed by atoms with Crippen LogP contribution in [0.1, 0.15) is 11.7 Å². The van der Waals surface area contributed by atoms with Gasteiger partial charge in [-0.2, -0.15) is 0 Å². The van der Waals surface area contributed by atoms with Gasteiger partial charge in [-0.15, -0.1) is 24.8 Å². The van der Waals surface area contributed by atoms with Crippen molar-refractivity contribution in [3.05, 3.63) is 60.2 Å². The topological polar surface area (TPSA) is 45.2 Å². The first-order valence-corrected chi connectivity index (χ1v) is 9.34. The van der Waals surface area contributed by atoms with E-state index >= 15 is 0 Å². The predicted molar refractivity (Wildman–Crippen MR) is 115 cm³/mol. The van der Waals surface area contributed by atoms with Crippen molar-refractivity contribution >= 4 is 24.8 Å². The molecule has 1 fully saturated rings. The van der Waals surface area contributed by atoms with Crippen LogP contribution in [-0.2, 0) is 0 Å². The van der Waals surface area contributed by atoms with Gasteiger partial charge in [-0.1, -0.05) is 42.5 Å². The molecule has 2 aliphatic heterocycles. The van der Waals surface area contributed by atoms with Crippen molar-refractivity contribution in [1.29, 1.82) is 0 Å². The number of para-hydroxylation sites is 2. The van der Waals surface area contributed by atoms with Crippen molar-refractivity contribution in [3.63, 3.8) is 0 Å². The van der Waals surface area contributed by atoms with Gasteiger partial charge in [0.2, 0.25) is 0 Å². The summed E-state index contributed by atoms with van der Waals surface area (Å²) in [6.45, 7) is 6.08. The third kappa shape index (κ3) is 5.75. The number of aliphatic hydroxyl groups excluding tert-OH is 1. The van der Waals surface area contributed by atoms with E-state index in [1.165, 1.54) is 0 Å². The molecule has 28 heavy (non-hydrogen) atoms. The summed E-state index contributed by atoms with van der Waals surface area (Å²) in [5.41, 5.74) is 0.987. The summed E-state index contributed by atoms with van der Waals surface area (Å²) in [4.78, 5) is 4.76. The zero-order valence-corrected chi connectivity index (χ0v) is 17.4. The van der Waals surface area contributed by atoms with Crippen LogP contribution >= 0.6 is 24.8 Å². The SMILES string of the molecule is Cl.Cl.OC(CN1CCN(CC2COc3ccccc3O2)CC1)c1ccccc1. The Morgan fingerprint density at radius 1 is 0.857 bits per heavy atom. The largest absolute Gasteiger partial charge is 0.486 e. The fourth-order valence-electron chi connectivity index (χ4n) is 3.62. The van der Waals surface area contributed by atoms with Crippen LogP contribution in [0.4, 0.5) is 0 Å². The minimum atomic E-state index is -0.422. The Morgan fingerprint density at radius 2 is 1.46 bits per heavy atom. The van der Waals surface area contributed by atoms with E-state index in [1.807, 2.05) is 54.6 Å². The van der Waals surface area contributed by atoms with Crippen LogP contribution in [-0.4, -0.2) is 66.9 Å². The van der Waals surface area contributed by atoms with Gasteiger partial charge in [0.1, 0.15) is 12.7 Å². The van der Waals surface area contributed by atoms with Crippen LogP contribution in [0.25, 0.3) is 0 Å². The predicted octanol–water partition coefficient (Wildman–Crippen LogP) is 3.02. The van der Waals surface area contributed by atoms with Crippen LogP contribution < -0.4 is 9.47 Å². The summed E-state index contributed by atoms with van der Waals surface area (Å²) in [5.74, 6) is 1.68. The lowest BCUT2D eigenvalue weighted by molar-refractivity contribution is 0.0297. The van der Waals surface area contributed by atoms with E-state index in [2.05, 4.69) is 9.80 Å². The second-order valence-electron chi connectivity index (χ2n) is 7.03. The number of halogens is 2. The Bertz CT molecular complexity index is 712. The maximum atomic E-state index is 10.4. The van der Waals surface area contributed by atoms with Crippen molar-refractivity contribution in [3.8, 4) is 11.5 Å². The first kappa shape index (κ1) is 22.8. The van der Waals surface area contributed by atoms with Crippen LogP contribution in [0.15, 0.2) is 54.6 Å². The number of aliphatic hydroxyl groups is 1. The maximum Gasteiger partial charge on any atom is 0.161 e. The third-order valence-electron chi connectivity index (χ3n) is 5.11. The summed E-state index contributed by atoms with van der Waals surface area (Å²) >= 11 is 0. The Morgan fingerprint density at radius 3 is 2.18 bits per heavy atom. The molecule has 0 spiro atoms. The number of fused-ring (bicyclic) bond motifs is 1. The molecule has 2 aromatic rings. The molecule has 5 nitrogen and oxygen atoms in total. The first-order chi connectivity index (χ1) is 12.8. The van der Waals surface area contributed by atoms with Crippen LogP contribution in [0.5, 0.6) is 11.5 Å². The van der Waals surface area contributed by atoms with Crippen LogP contribution in [0, 0.1) is 0 Å². The fourth-order valence-corrected chi connectivity index (χ4v) is 3.62. The van der Waals surface area contributed by atoms with E-state index in [0.717, 1.165) is 49.8 Å². The van der Waals surface area contributed by atoms with Crippen molar-refractivity contribution in [2.45, 2.75) is 12.2 Å². The number of rotatable bonds is 5. The van der Waals surface area contributed by atoms with Gasteiger partial charge in [0, 0.05) is 39.3 Å². The summed E-state index contributed by atoms with van der Waals surface area (Å²) in [6, 6.07) is 17.7.